The maximum absolute atomic E-state index is 13.1. The van der Waals surface area contributed by atoms with Crippen LogP contribution in [0.1, 0.15) is 18.4 Å². The van der Waals surface area contributed by atoms with Gasteiger partial charge in [0, 0.05) is 17.3 Å². The van der Waals surface area contributed by atoms with E-state index in [9.17, 15) is 4.39 Å². The van der Waals surface area contributed by atoms with Crippen molar-refractivity contribution in [1.82, 2.24) is 0 Å². The standard InChI is InChI=1S/C12H15FN2S2/c13-8-1-2-11(10(7-8)12(14)16)15-9-3-5-17-6-4-9/h1-2,7,9,15H,3-6H2,(H2,14,16). The lowest BCUT2D eigenvalue weighted by Crippen LogP contribution is -2.26. The van der Waals surface area contributed by atoms with Gasteiger partial charge in [0.1, 0.15) is 10.8 Å². The summed E-state index contributed by atoms with van der Waals surface area (Å²) in [5.41, 5.74) is 7.05. The van der Waals surface area contributed by atoms with Gasteiger partial charge in [-0.25, -0.2) is 4.39 Å². The molecular formula is C12H15FN2S2. The molecule has 1 saturated heterocycles. The summed E-state index contributed by atoms with van der Waals surface area (Å²) in [5, 5.41) is 3.41. The number of halogens is 1. The largest absolute Gasteiger partial charge is 0.389 e. The number of rotatable bonds is 3. The molecule has 1 fully saturated rings. The Morgan fingerprint density at radius 3 is 2.76 bits per heavy atom. The summed E-state index contributed by atoms with van der Waals surface area (Å²) in [6.45, 7) is 0. The summed E-state index contributed by atoms with van der Waals surface area (Å²) in [5.74, 6) is 2.03. The SMILES string of the molecule is NC(=S)c1cc(F)ccc1NC1CCSCC1. The fourth-order valence-electron chi connectivity index (χ4n) is 1.91. The minimum atomic E-state index is -0.308. The quantitative estimate of drug-likeness (QED) is 0.828. The number of nitrogens with two attached hydrogens (primary N) is 1. The van der Waals surface area contributed by atoms with Crippen LogP contribution in [0.25, 0.3) is 0 Å². The Morgan fingerprint density at radius 1 is 1.41 bits per heavy atom. The van der Waals surface area contributed by atoms with Gasteiger partial charge >= 0.3 is 0 Å². The highest BCUT2D eigenvalue weighted by atomic mass is 32.2. The second kappa shape index (κ2) is 5.69. The molecule has 1 aliphatic rings. The van der Waals surface area contributed by atoms with Crippen LogP contribution in [0.4, 0.5) is 10.1 Å². The van der Waals surface area contributed by atoms with Crippen molar-refractivity contribution in [3.8, 4) is 0 Å². The number of thiocarbonyl (C=S) groups is 1. The minimum Gasteiger partial charge on any atom is -0.389 e. The second-order valence-corrected chi connectivity index (χ2v) is 5.75. The summed E-state index contributed by atoms with van der Waals surface area (Å²) in [6.07, 6.45) is 2.25. The molecule has 0 radical (unpaired) electrons. The van der Waals surface area contributed by atoms with E-state index < -0.39 is 0 Å². The monoisotopic (exact) mass is 270 g/mol. The van der Waals surface area contributed by atoms with Crippen LogP contribution in [0.5, 0.6) is 0 Å². The Hall–Kier alpha value is -0.810. The smallest absolute Gasteiger partial charge is 0.124 e. The summed E-state index contributed by atoms with van der Waals surface area (Å²) in [7, 11) is 0. The van der Waals surface area contributed by atoms with E-state index in [1.165, 1.54) is 23.6 Å². The highest BCUT2D eigenvalue weighted by Crippen LogP contribution is 2.23. The van der Waals surface area contributed by atoms with E-state index in [0.29, 0.717) is 11.6 Å². The molecule has 1 heterocycles. The molecule has 5 heteroatoms. The second-order valence-electron chi connectivity index (χ2n) is 4.09. The Bertz CT molecular complexity index is 417. The van der Waals surface area contributed by atoms with Gasteiger partial charge in [-0.3, -0.25) is 0 Å². The lowest BCUT2D eigenvalue weighted by atomic mass is 10.1. The first-order valence-electron chi connectivity index (χ1n) is 5.60. The van der Waals surface area contributed by atoms with Crippen LogP contribution >= 0.6 is 24.0 Å². The van der Waals surface area contributed by atoms with Crippen molar-refractivity contribution in [2.24, 2.45) is 5.73 Å². The summed E-state index contributed by atoms with van der Waals surface area (Å²) in [4.78, 5) is 0.234. The molecule has 0 unspecified atom stereocenters. The van der Waals surface area contributed by atoms with Crippen LogP contribution in [-0.2, 0) is 0 Å². The van der Waals surface area contributed by atoms with E-state index in [4.69, 9.17) is 18.0 Å². The molecular weight excluding hydrogens is 255 g/mol. The minimum absolute atomic E-state index is 0.234. The number of nitrogens with one attached hydrogen (secondary N) is 1. The molecule has 0 bridgehead atoms. The lowest BCUT2D eigenvalue weighted by molar-refractivity contribution is 0.626. The Morgan fingerprint density at radius 2 is 2.12 bits per heavy atom. The molecule has 2 nitrogen and oxygen atoms in total. The van der Waals surface area contributed by atoms with E-state index in [1.54, 1.807) is 6.07 Å². The van der Waals surface area contributed by atoms with Gasteiger partial charge < -0.3 is 11.1 Å². The van der Waals surface area contributed by atoms with Crippen LogP contribution < -0.4 is 11.1 Å². The van der Waals surface area contributed by atoms with Gasteiger partial charge in [-0.2, -0.15) is 11.8 Å². The molecule has 1 aromatic rings. The van der Waals surface area contributed by atoms with E-state index in [-0.39, 0.29) is 10.8 Å². The molecule has 0 spiro atoms. The Labute approximate surface area is 110 Å². The number of anilines is 1. The molecule has 17 heavy (non-hydrogen) atoms. The van der Waals surface area contributed by atoms with Gasteiger partial charge in [0.25, 0.3) is 0 Å². The zero-order valence-corrected chi connectivity index (χ0v) is 11.0. The third-order valence-corrected chi connectivity index (χ3v) is 4.10. The highest BCUT2D eigenvalue weighted by molar-refractivity contribution is 7.99. The average molecular weight is 270 g/mol. The molecule has 0 aromatic heterocycles. The van der Waals surface area contributed by atoms with E-state index in [1.807, 2.05) is 11.8 Å². The Balaban J connectivity index is 2.16. The molecule has 0 atom stereocenters. The number of hydrogen-bond donors (Lipinski definition) is 2. The predicted octanol–water partition coefficient (Wildman–Crippen LogP) is 2.77. The zero-order valence-electron chi connectivity index (χ0n) is 9.41. The highest BCUT2D eigenvalue weighted by Gasteiger charge is 2.15. The molecule has 1 aromatic carbocycles. The van der Waals surface area contributed by atoms with Crippen molar-refractivity contribution in [3.63, 3.8) is 0 Å². The van der Waals surface area contributed by atoms with Crippen molar-refractivity contribution in [1.29, 1.82) is 0 Å². The van der Waals surface area contributed by atoms with Crippen LogP contribution in [0.3, 0.4) is 0 Å². The molecule has 1 aliphatic heterocycles. The maximum atomic E-state index is 13.1. The summed E-state index contributed by atoms with van der Waals surface area (Å²) >= 11 is 6.92. The van der Waals surface area contributed by atoms with Gasteiger partial charge in [0.15, 0.2) is 0 Å². The molecule has 0 aliphatic carbocycles. The average Bonchev–Trinajstić information content (AvgIpc) is 2.32. The first-order chi connectivity index (χ1) is 8.16. The van der Waals surface area contributed by atoms with Gasteiger partial charge in [0.05, 0.1) is 0 Å². The van der Waals surface area contributed by atoms with Crippen LogP contribution in [0.2, 0.25) is 0 Å². The molecule has 3 N–H and O–H groups in total. The maximum Gasteiger partial charge on any atom is 0.124 e. The third kappa shape index (κ3) is 3.33. The molecule has 0 amide bonds. The van der Waals surface area contributed by atoms with E-state index >= 15 is 0 Å². The van der Waals surface area contributed by atoms with Crippen LogP contribution in [-0.4, -0.2) is 22.5 Å². The van der Waals surface area contributed by atoms with Gasteiger partial charge in [-0.15, -0.1) is 0 Å². The van der Waals surface area contributed by atoms with Gasteiger partial charge in [0.2, 0.25) is 0 Å². The van der Waals surface area contributed by atoms with Crippen molar-refractivity contribution in [3.05, 3.63) is 29.6 Å². The van der Waals surface area contributed by atoms with E-state index in [0.717, 1.165) is 18.5 Å². The predicted molar refractivity (Wildman–Crippen MR) is 76.3 cm³/mol. The number of benzene rings is 1. The summed E-state index contributed by atoms with van der Waals surface area (Å²) < 4.78 is 13.1. The lowest BCUT2D eigenvalue weighted by Gasteiger charge is -2.24. The van der Waals surface area contributed by atoms with Crippen molar-refractivity contribution in [2.75, 3.05) is 16.8 Å². The van der Waals surface area contributed by atoms with Crippen molar-refractivity contribution >= 4 is 34.7 Å². The van der Waals surface area contributed by atoms with Gasteiger partial charge in [-0.1, -0.05) is 12.2 Å². The fourth-order valence-corrected chi connectivity index (χ4v) is 3.18. The number of thioether (sulfide) groups is 1. The van der Waals surface area contributed by atoms with Crippen LogP contribution in [0, 0.1) is 5.82 Å². The molecule has 92 valence electrons. The molecule has 0 saturated carbocycles. The molecule has 2 rings (SSSR count). The van der Waals surface area contributed by atoms with Gasteiger partial charge in [-0.05, 0) is 42.5 Å². The van der Waals surface area contributed by atoms with Crippen molar-refractivity contribution in [2.45, 2.75) is 18.9 Å². The zero-order chi connectivity index (χ0) is 12.3. The third-order valence-electron chi connectivity index (χ3n) is 2.83. The first kappa shape index (κ1) is 12.6. The van der Waals surface area contributed by atoms with Crippen molar-refractivity contribution < 1.29 is 4.39 Å². The Kier molecular flexibility index (Phi) is 4.23. The fraction of sp³-hybridized carbons (Fsp3) is 0.417. The first-order valence-corrected chi connectivity index (χ1v) is 7.17. The summed E-state index contributed by atoms with van der Waals surface area (Å²) in [6, 6.07) is 4.98. The topological polar surface area (TPSA) is 38.0 Å². The van der Waals surface area contributed by atoms with E-state index in [2.05, 4.69) is 5.32 Å². The number of hydrogen-bond acceptors (Lipinski definition) is 3. The normalized spacial score (nSPS) is 16.8. The van der Waals surface area contributed by atoms with Crippen LogP contribution in [0.15, 0.2) is 18.2 Å².